The highest BCUT2D eigenvalue weighted by Gasteiger charge is 2.28. The number of hydrogen-bond acceptors (Lipinski definition) is 4. The van der Waals surface area contributed by atoms with Crippen LogP contribution < -0.4 is 9.46 Å². The number of sulfonamides is 1. The summed E-state index contributed by atoms with van der Waals surface area (Å²) in [5.41, 5.74) is 0.0334. The van der Waals surface area contributed by atoms with Crippen molar-refractivity contribution in [3.63, 3.8) is 0 Å². The molecule has 2 N–H and O–H groups in total. The number of ether oxygens (including phenoxy) is 1. The number of nitrogens with one attached hydrogen (secondary N) is 1. The van der Waals surface area contributed by atoms with E-state index < -0.39 is 21.4 Å². The molecule has 0 bridgehead atoms. The average Bonchev–Trinajstić information content (AvgIpc) is 2.52. The fraction of sp³-hybridized carbons (Fsp3) is 0.333. The van der Waals surface area contributed by atoms with Gasteiger partial charge in [0.05, 0.1) is 12.0 Å². The minimum absolute atomic E-state index is 0.156. The fourth-order valence-corrected chi connectivity index (χ4v) is 4.25. The molecule has 0 aliphatic rings. The van der Waals surface area contributed by atoms with Crippen LogP contribution in [0.4, 0.5) is 4.39 Å². The zero-order valence-electron chi connectivity index (χ0n) is 14.6. The van der Waals surface area contributed by atoms with E-state index in [9.17, 15) is 17.9 Å². The van der Waals surface area contributed by atoms with Crippen LogP contribution in [0.2, 0.25) is 0 Å². The number of aryl methyl sites for hydroxylation is 2. The summed E-state index contributed by atoms with van der Waals surface area (Å²) in [5, 5.41) is 10.5. The van der Waals surface area contributed by atoms with E-state index in [1.54, 1.807) is 26.0 Å². The lowest BCUT2D eigenvalue weighted by Gasteiger charge is -2.25. The Morgan fingerprint density at radius 3 is 2.16 bits per heavy atom. The van der Waals surface area contributed by atoms with Crippen molar-refractivity contribution in [2.75, 3.05) is 13.7 Å². The van der Waals surface area contributed by atoms with Crippen LogP contribution in [-0.4, -0.2) is 27.2 Å². The molecule has 0 heterocycles. The smallest absolute Gasteiger partial charge is 0.241 e. The first-order valence-electron chi connectivity index (χ1n) is 7.70. The molecule has 0 fully saturated rings. The SMILES string of the molecule is COc1cc(C)c(S(=O)(=O)NCC(C)(O)c2ccc(F)cc2)c(C)c1. The van der Waals surface area contributed by atoms with Crippen LogP contribution in [0.15, 0.2) is 41.3 Å². The zero-order chi connectivity index (χ0) is 18.8. The average molecular weight is 367 g/mol. The number of benzene rings is 2. The lowest BCUT2D eigenvalue weighted by Crippen LogP contribution is -2.39. The van der Waals surface area contributed by atoms with Crippen molar-refractivity contribution in [2.24, 2.45) is 0 Å². The van der Waals surface area contributed by atoms with Gasteiger partial charge in [-0.1, -0.05) is 12.1 Å². The number of rotatable bonds is 6. The normalized spacial score (nSPS) is 14.2. The van der Waals surface area contributed by atoms with Crippen molar-refractivity contribution in [1.29, 1.82) is 0 Å². The molecular formula is C18H22FNO4S. The van der Waals surface area contributed by atoms with Gasteiger partial charge in [0.15, 0.2) is 0 Å². The van der Waals surface area contributed by atoms with Crippen LogP contribution in [0.5, 0.6) is 5.75 Å². The molecule has 5 nitrogen and oxygen atoms in total. The molecule has 2 aromatic carbocycles. The Morgan fingerprint density at radius 1 is 1.16 bits per heavy atom. The Morgan fingerprint density at radius 2 is 1.68 bits per heavy atom. The third-order valence-corrected chi connectivity index (χ3v) is 5.72. The van der Waals surface area contributed by atoms with E-state index in [1.165, 1.54) is 38.3 Å². The molecule has 0 saturated heterocycles. The predicted molar refractivity (Wildman–Crippen MR) is 93.6 cm³/mol. The molecule has 1 unspecified atom stereocenters. The second-order valence-electron chi connectivity index (χ2n) is 6.20. The van der Waals surface area contributed by atoms with Crippen molar-refractivity contribution >= 4 is 10.0 Å². The molecule has 0 amide bonds. The molecule has 0 saturated carbocycles. The van der Waals surface area contributed by atoms with Gasteiger partial charge < -0.3 is 9.84 Å². The van der Waals surface area contributed by atoms with E-state index in [2.05, 4.69) is 4.72 Å². The van der Waals surface area contributed by atoms with E-state index in [0.717, 1.165) is 0 Å². The first kappa shape index (κ1) is 19.4. The quantitative estimate of drug-likeness (QED) is 0.823. The van der Waals surface area contributed by atoms with Gasteiger partial charge in [0, 0.05) is 6.54 Å². The number of halogens is 1. The zero-order valence-corrected chi connectivity index (χ0v) is 15.4. The van der Waals surface area contributed by atoms with Gasteiger partial charge in [0.1, 0.15) is 17.2 Å². The minimum atomic E-state index is -3.84. The molecular weight excluding hydrogens is 345 g/mol. The van der Waals surface area contributed by atoms with E-state index >= 15 is 0 Å². The number of aliphatic hydroxyl groups is 1. The highest BCUT2D eigenvalue weighted by atomic mass is 32.2. The first-order valence-corrected chi connectivity index (χ1v) is 9.18. The molecule has 2 aromatic rings. The van der Waals surface area contributed by atoms with Gasteiger partial charge in [-0.05, 0) is 61.7 Å². The maximum atomic E-state index is 13.0. The Bertz CT molecular complexity index is 838. The Balaban J connectivity index is 2.26. The summed E-state index contributed by atoms with van der Waals surface area (Å²) in [4.78, 5) is 0.156. The van der Waals surface area contributed by atoms with Crippen LogP contribution in [0.25, 0.3) is 0 Å². The monoisotopic (exact) mass is 367 g/mol. The standard InChI is InChI=1S/C18H22FNO4S/c1-12-9-16(24-4)10-13(2)17(12)25(22,23)20-11-18(3,21)14-5-7-15(19)8-6-14/h5-10,20-21H,11H2,1-4H3. The largest absolute Gasteiger partial charge is 0.497 e. The van der Waals surface area contributed by atoms with Crippen LogP contribution in [0.1, 0.15) is 23.6 Å². The molecule has 25 heavy (non-hydrogen) atoms. The second-order valence-corrected chi connectivity index (χ2v) is 7.90. The van der Waals surface area contributed by atoms with E-state index in [0.29, 0.717) is 22.4 Å². The summed E-state index contributed by atoms with van der Waals surface area (Å²) in [5.74, 6) is 0.150. The van der Waals surface area contributed by atoms with Gasteiger partial charge in [0.2, 0.25) is 10.0 Å². The third-order valence-electron chi connectivity index (χ3n) is 4.01. The molecule has 7 heteroatoms. The third kappa shape index (κ3) is 4.36. The highest BCUT2D eigenvalue weighted by Crippen LogP contribution is 2.26. The Labute approximate surface area is 147 Å². The Hall–Kier alpha value is -1.96. The van der Waals surface area contributed by atoms with Crippen LogP contribution in [0, 0.1) is 19.7 Å². The van der Waals surface area contributed by atoms with Gasteiger partial charge in [0.25, 0.3) is 0 Å². The van der Waals surface area contributed by atoms with Crippen molar-refractivity contribution in [3.05, 3.63) is 58.9 Å². The topological polar surface area (TPSA) is 75.6 Å². The predicted octanol–water partition coefficient (Wildman–Crippen LogP) is 2.64. The van der Waals surface area contributed by atoms with E-state index in [1.807, 2.05) is 0 Å². The Kier molecular flexibility index (Phi) is 5.51. The maximum Gasteiger partial charge on any atom is 0.241 e. The molecule has 0 aliphatic heterocycles. The van der Waals surface area contributed by atoms with Crippen LogP contribution >= 0.6 is 0 Å². The van der Waals surface area contributed by atoms with Gasteiger partial charge in [-0.25, -0.2) is 17.5 Å². The first-order chi connectivity index (χ1) is 11.6. The molecule has 136 valence electrons. The van der Waals surface area contributed by atoms with Crippen molar-refractivity contribution < 1.29 is 22.7 Å². The van der Waals surface area contributed by atoms with Gasteiger partial charge in [-0.2, -0.15) is 0 Å². The van der Waals surface area contributed by atoms with Gasteiger partial charge in [-0.15, -0.1) is 0 Å². The molecule has 0 aromatic heterocycles. The molecule has 0 spiro atoms. The number of methoxy groups -OCH3 is 1. The van der Waals surface area contributed by atoms with E-state index in [4.69, 9.17) is 4.74 Å². The van der Waals surface area contributed by atoms with Crippen molar-refractivity contribution in [1.82, 2.24) is 4.72 Å². The summed E-state index contributed by atoms with van der Waals surface area (Å²) in [7, 11) is -2.32. The lowest BCUT2D eigenvalue weighted by atomic mass is 9.96. The summed E-state index contributed by atoms with van der Waals surface area (Å²) < 4.78 is 46.0. The number of hydrogen-bond donors (Lipinski definition) is 2. The summed E-state index contributed by atoms with van der Waals surface area (Å²) >= 11 is 0. The second kappa shape index (κ2) is 7.11. The van der Waals surface area contributed by atoms with Gasteiger partial charge in [-0.3, -0.25) is 0 Å². The van der Waals surface area contributed by atoms with Crippen LogP contribution in [-0.2, 0) is 15.6 Å². The summed E-state index contributed by atoms with van der Waals surface area (Å²) in [6, 6.07) is 8.56. The summed E-state index contributed by atoms with van der Waals surface area (Å²) in [6.45, 7) is 4.59. The van der Waals surface area contributed by atoms with Crippen molar-refractivity contribution in [3.8, 4) is 5.75 Å². The molecule has 2 rings (SSSR count). The minimum Gasteiger partial charge on any atom is -0.497 e. The molecule has 0 radical (unpaired) electrons. The fourth-order valence-electron chi connectivity index (χ4n) is 2.67. The van der Waals surface area contributed by atoms with Gasteiger partial charge >= 0.3 is 0 Å². The van der Waals surface area contributed by atoms with E-state index in [-0.39, 0.29) is 11.4 Å². The molecule has 0 aliphatic carbocycles. The molecule has 1 atom stereocenters. The van der Waals surface area contributed by atoms with Crippen molar-refractivity contribution in [2.45, 2.75) is 31.3 Å². The summed E-state index contributed by atoms with van der Waals surface area (Å²) in [6.07, 6.45) is 0. The lowest BCUT2D eigenvalue weighted by molar-refractivity contribution is 0.0627. The highest BCUT2D eigenvalue weighted by molar-refractivity contribution is 7.89. The van der Waals surface area contributed by atoms with Crippen LogP contribution in [0.3, 0.4) is 0 Å². The maximum absolute atomic E-state index is 13.0.